The molecular formula is C21H24IN3O2. The monoisotopic (exact) mass is 477 g/mol. The first-order valence-electron chi connectivity index (χ1n) is 9.17. The third-order valence-electron chi connectivity index (χ3n) is 4.47. The zero-order valence-electron chi connectivity index (χ0n) is 15.6. The molecule has 0 radical (unpaired) electrons. The zero-order chi connectivity index (χ0) is 19.4. The number of halogens is 1. The molecule has 2 aromatic carbocycles. The van der Waals surface area contributed by atoms with E-state index < -0.39 is 0 Å². The van der Waals surface area contributed by atoms with Crippen LogP contribution in [-0.2, 0) is 11.2 Å². The number of carbonyl (C=O) groups is 2. The highest BCUT2D eigenvalue weighted by Gasteiger charge is 2.23. The van der Waals surface area contributed by atoms with Gasteiger partial charge in [-0.25, -0.2) is 0 Å². The van der Waals surface area contributed by atoms with E-state index in [4.69, 9.17) is 0 Å². The quantitative estimate of drug-likeness (QED) is 0.644. The van der Waals surface area contributed by atoms with Crippen molar-refractivity contribution in [3.8, 4) is 0 Å². The number of rotatable bonds is 5. The van der Waals surface area contributed by atoms with Crippen LogP contribution in [0.4, 0.5) is 11.4 Å². The van der Waals surface area contributed by atoms with E-state index >= 15 is 0 Å². The second kappa shape index (κ2) is 8.73. The van der Waals surface area contributed by atoms with Crippen molar-refractivity contribution in [1.29, 1.82) is 0 Å². The van der Waals surface area contributed by atoms with E-state index in [0.717, 1.165) is 39.9 Å². The Hall–Kier alpha value is -2.09. The first-order valence-corrected chi connectivity index (χ1v) is 10.2. The van der Waals surface area contributed by atoms with Gasteiger partial charge in [-0.2, -0.15) is 0 Å². The fraction of sp³-hybridized carbons (Fsp3) is 0.333. The van der Waals surface area contributed by atoms with Crippen molar-refractivity contribution in [3.63, 3.8) is 0 Å². The van der Waals surface area contributed by atoms with Crippen molar-refractivity contribution < 1.29 is 9.59 Å². The van der Waals surface area contributed by atoms with Crippen molar-refractivity contribution in [2.24, 2.45) is 0 Å². The van der Waals surface area contributed by atoms with Gasteiger partial charge < -0.3 is 15.5 Å². The summed E-state index contributed by atoms with van der Waals surface area (Å²) in [7, 11) is 0. The summed E-state index contributed by atoms with van der Waals surface area (Å²) in [5.74, 6) is -0.104. The lowest BCUT2D eigenvalue weighted by Gasteiger charge is -2.32. The molecule has 2 aromatic rings. The zero-order valence-corrected chi connectivity index (χ0v) is 17.7. The van der Waals surface area contributed by atoms with Crippen LogP contribution in [0, 0.1) is 3.57 Å². The molecule has 1 aliphatic heterocycles. The Bertz CT molecular complexity index is 834. The summed E-state index contributed by atoms with van der Waals surface area (Å²) < 4.78 is 1.13. The van der Waals surface area contributed by atoms with Crippen LogP contribution < -0.4 is 15.5 Å². The third kappa shape index (κ3) is 5.00. The molecule has 142 valence electrons. The Morgan fingerprint density at radius 2 is 1.89 bits per heavy atom. The molecule has 0 fully saturated rings. The van der Waals surface area contributed by atoms with Gasteiger partial charge >= 0.3 is 0 Å². The van der Waals surface area contributed by atoms with E-state index in [1.807, 2.05) is 56.3 Å². The summed E-state index contributed by atoms with van der Waals surface area (Å²) in [4.78, 5) is 27.1. The predicted molar refractivity (Wildman–Crippen MR) is 117 cm³/mol. The largest absolute Gasteiger partial charge is 0.362 e. The number of carbonyl (C=O) groups excluding carboxylic acids is 2. The first kappa shape index (κ1) is 19.7. The van der Waals surface area contributed by atoms with Crippen LogP contribution in [0.15, 0.2) is 42.5 Å². The molecule has 6 heteroatoms. The van der Waals surface area contributed by atoms with E-state index in [1.54, 1.807) is 0 Å². The third-order valence-corrected chi connectivity index (χ3v) is 5.19. The van der Waals surface area contributed by atoms with Gasteiger partial charge in [0.25, 0.3) is 5.91 Å². The van der Waals surface area contributed by atoms with E-state index in [-0.39, 0.29) is 24.4 Å². The van der Waals surface area contributed by atoms with Crippen molar-refractivity contribution in [3.05, 3.63) is 57.2 Å². The normalized spacial score (nSPS) is 13.3. The van der Waals surface area contributed by atoms with Crippen molar-refractivity contribution in [2.45, 2.75) is 32.7 Å². The van der Waals surface area contributed by atoms with Gasteiger partial charge in [-0.15, -0.1) is 0 Å². The molecule has 0 spiro atoms. The van der Waals surface area contributed by atoms with E-state index in [9.17, 15) is 9.59 Å². The van der Waals surface area contributed by atoms with Crippen LogP contribution in [0.3, 0.4) is 0 Å². The molecule has 5 nitrogen and oxygen atoms in total. The maximum absolute atomic E-state index is 12.5. The lowest BCUT2D eigenvalue weighted by molar-refractivity contribution is -0.115. The van der Waals surface area contributed by atoms with Crippen LogP contribution in [0.2, 0.25) is 0 Å². The van der Waals surface area contributed by atoms with E-state index in [0.29, 0.717) is 5.56 Å². The summed E-state index contributed by atoms with van der Waals surface area (Å²) in [5.41, 5.74) is 3.52. The van der Waals surface area contributed by atoms with E-state index in [2.05, 4.69) is 38.1 Å². The molecule has 1 heterocycles. The Kier molecular flexibility index (Phi) is 6.36. The number of hydrogen-bond acceptors (Lipinski definition) is 3. The maximum Gasteiger partial charge on any atom is 0.251 e. The highest BCUT2D eigenvalue weighted by molar-refractivity contribution is 14.1. The summed E-state index contributed by atoms with van der Waals surface area (Å²) >= 11 is 2.24. The van der Waals surface area contributed by atoms with Gasteiger partial charge in [0, 0.05) is 33.1 Å². The Morgan fingerprint density at radius 3 is 2.59 bits per heavy atom. The number of hydrogen-bond donors (Lipinski definition) is 2. The van der Waals surface area contributed by atoms with Crippen LogP contribution in [-0.4, -0.2) is 30.9 Å². The topological polar surface area (TPSA) is 61.4 Å². The lowest BCUT2D eigenvalue weighted by Crippen LogP contribution is -2.38. The van der Waals surface area contributed by atoms with Crippen LogP contribution in [0.25, 0.3) is 0 Å². The molecule has 27 heavy (non-hydrogen) atoms. The lowest BCUT2D eigenvalue weighted by atomic mass is 9.95. The molecule has 0 bridgehead atoms. The second-order valence-electron chi connectivity index (χ2n) is 7.01. The van der Waals surface area contributed by atoms with Gasteiger partial charge in [0.05, 0.1) is 6.54 Å². The maximum atomic E-state index is 12.5. The van der Waals surface area contributed by atoms with Crippen LogP contribution >= 0.6 is 22.6 Å². The van der Waals surface area contributed by atoms with Gasteiger partial charge in [-0.1, -0.05) is 6.07 Å². The molecule has 0 aromatic heterocycles. The van der Waals surface area contributed by atoms with Crippen LogP contribution in [0.5, 0.6) is 0 Å². The fourth-order valence-electron chi connectivity index (χ4n) is 3.32. The van der Waals surface area contributed by atoms with Crippen molar-refractivity contribution in [2.75, 3.05) is 23.3 Å². The molecule has 2 amide bonds. The number of nitrogens with one attached hydrogen (secondary N) is 2. The molecule has 0 atom stereocenters. The van der Waals surface area contributed by atoms with Gasteiger partial charge in [0.15, 0.2) is 0 Å². The van der Waals surface area contributed by atoms with Crippen molar-refractivity contribution in [1.82, 2.24) is 5.32 Å². The number of amides is 2. The van der Waals surface area contributed by atoms with Gasteiger partial charge in [0.1, 0.15) is 0 Å². The number of benzene rings is 2. The molecule has 1 aliphatic rings. The fourth-order valence-corrected chi connectivity index (χ4v) is 3.68. The SMILES string of the molecule is CC(C)NC(=O)c1cccc2c1CCCN2CC(=O)Nc1ccc(I)cc1. The van der Waals surface area contributed by atoms with Crippen LogP contribution in [0.1, 0.15) is 36.2 Å². The molecule has 0 unspecified atom stereocenters. The molecule has 2 N–H and O–H groups in total. The summed E-state index contributed by atoms with van der Waals surface area (Å²) in [6.45, 7) is 4.99. The molecular weight excluding hydrogens is 453 g/mol. The molecule has 3 rings (SSSR count). The average molecular weight is 477 g/mol. The highest BCUT2D eigenvalue weighted by atomic mass is 127. The van der Waals surface area contributed by atoms with Crippen molar-refractivity contribution >= 4 is 45.8 Å². The standard InChI is InChI=1S/C21H24IN3O2/c1-14(2)23-21(27)18-5-3-7-19-17(18)6-4-12-25(19)13-20(26)24-16-10-8-15(22)9-11-16/h3,5,7-11,14H,4,6,12-13H2,1-2H3,(H,23,27)(H,24,26). The average Bonchev–Trinajstić information content (AvgIpc) is 2.63. The van der Waals surface area contributed by atoms with Gasteiger partial charge in [0.2, 0.25) is 5.91 Å². The van der Waals surface area contributed by atoms with E-state index in [1.165, 1.54) is 0 Å². The minimum absolute atomic E-state index is 0.0490. The molecule has 0 saturated carbocycles. The summed E-state index contributed by atoms with van der Waals surface area (Å²) in [6.07, 6.45) is 1.78. The van der Waals surface area contributed by atoms with Gasteiger partial charge in [-0.05, 0) is 91.2 Å². The molecule has 0 saturated heterocycles. The first-order chi connectivity index (χ1) is 12.9. The Labute approximate surface area is 173 Å². The minimum Gasteiger partial charge on any atom is -0.362 e. The predicted octanol–water partition coefficient (Wildman–Crippen LogP) is 3.82. The highest BCUT2D eigenvalue weighted by Crippen LogP contribution is 2.30. The molecule has 0 aliphatic carbocycles. The number of anilines is 2. The minimum atomic E-state index is -0.0545. The number of fused-ring (bicyclic) bond motifs is 1. The second-order valence-corrected chi connectivity index (χ2v) is 8.26. The van der Waals surface area contributed by atoms with Gasteiger partial charge in [-0.3, -0.25) is 9.59 Å². The summed E-state index contributed by atoms with van der Waals surface area (Å²) in [6, 6.07) is 13.6. The summed E-state index contributed by atoms with van der Waals surface area (Å²) in [5, 5.41) is 5.91. The Morgan fingerprint density at radius 1 is 1.15 bits per heavy atom. The Balaban J connectivity index is 1.75. The smallest absolute Gasteiger partial charge is 0.251 e. The number of nitrogens with zero attached hydrogens (tertiary/aromatic N) is 1.